The van der Waals surface area contributed by atoms with Gasteiger partial charge in [0.05, 0.1) is 13.2 Å². The first-order valence-electron chi connectivity index (χ1n) is 4.36. The molecule has 0 aromatic rings. The summed E-state index contributed by atoms with van der Waals surface area (Å²) in [4.78, 5) is 21.4. The molecule has 0 aromatic carbocycles. The molecule has 5 N–H and O–H groups in total. The number of carbonyl (C=O) groups excluding carboxylic acids is 1. The summed E-state index contributed by atoms with van der Waals surface area (Å²) in [6.07, 6.45) is -3.25. The Labute approximate surface area is 86.3 Å². The number of nitrogens with one attached hydrogen (secondary N) is 1. The Morgan fingerprint density at radius 1 is 1.33 bits per heavy atom. The number of Topliss-reactive ketones (excluding diaryl/α,β-unsaturated/α-hetero) is 1. The number of ketones is 1. The predicted octanol–water partition coefficient (Wildman–Crippen LogP) is -2.67. The molecule has 15 heavy (non-hydrogen) atoms. The lowest BCUT2D eigenvalue weighted by Crippen LogP contribution is -2.44. The van der Waals surface area contributed by atoms with Gasteiger partial charge >= 0.3 is 5.97 Å². The number of carboxylic acid groups (broad SMARTS) is 1. The van der Waals surface area contributed by atoms with E-state index in [9.17, 15) is 9.59 Å². The highest BCUT2D eigenvalue weighted by Crippen LogP contribution is 1.94. The minimum absolute atomic E-state index is 0.383. The molecule has 0 aliphatic carbocycles. The van der Waals surface area contributed by atoms with E-state index in [-0.39, 0.29) is 6.54 Å². The van der Waals surface area contributed by atoms with Crippen LogP contribution in [0.4, 0.5) is 0 Å². The third-order valence-corrected chi connectivity index (χ3v) is 1.83. The van der Waals surface area contributed by atoms with Gasteiger partial charge in [0.2, 0.25) is 0 Å². The molecular formula is C8H15NO6. The van der Waals surface area contributed by atoms with E-state index in [0.29, 0.717) is 0 Å². The van der Waals surface area contributed by atoms with Crippen LogP contribution >= 0.6 is 0 Å². The highest BCUT2D eigenvalue weighted by atomic mass is 16.4. The molecule has 0 spiro atoms. The SMILES string of the molecule is C[C@H](NCC(=O)[C@@H](O)[C@H](O)CO)C(=O)O. The van der Waals surface area contributed by atoms with Crippen LogP contribution in [0.25, 0.3) is 0 Å². The molecule has 0 aliphatic rings. The first-order valence-corrected chi connectivity index (χ1v) is 4.36. The third-order valence-electron chi connectivity index (χ3n) is 1.83. The number of aliphatic hydroxyl groups excluding tert-OH is 3. The van der Waals surface area contributed by atoms with Gasteiger partial charge in [0, 0.05) is 0 Å². The lowest BCUT2D eigenvalue weighted by Gasteiger charge is -2.15. The zero-order valence-corrected chi connectivity index (χ0v) is 8.25. The molecule has 88 valence electrons. The maximum absolute atomic E-state index is 11.1. The van der Waals surface area contributed by atoms with Crippen LogP contribution in [-0.2, 0) is 9.59 Å². The molecule has 0 saturated carbocycles. The molecule has 0 rings (SSSR count). The third kappa shape index (κ3) is 4.84. The van der Waals surface area contributed by atoms with E-state index in [0.717, 1.165) is 0 Å². The lowest BCUT2D eigenvalue weighted by atomic mass is 10.1. The van der Waals surface area contributed by atoms with Crippen LogP contribution in [0.15, 0.2) is 0 Å². The largest absolute Gasteiger partial charge is 0.480 e. The number of aliphatic carboxylic acids is 1. The number of hydrogen-bond acceptors (Lipinski definition) is 6. The molecule has 0 radical (unpaired) electrons. The van der Waals surface area contributed by atoms with E-state index >= 15 is 0 Å². The molecule has 3 atom stereocenters. The normalized spacial score (nSPS) is 16.8. The van der Waals surface area contributed by atoms with Crippen LogP contribution in [0.5, 0.6) is 0 Å². The van der Waals surface area contributed by atoms with Gasteiger partial charge in [-0.2, -0.15) is 0 Å². The van der Waals surface area contributed by atoms with Gasteiger partial charge in [-0.05, 0) is 6.92 Å². The van der Waals surface area contributed by atoms with E-state index in [1.54, 1.807) is 0 Å². The molecule has 0 unspecified atom stereocenters. The fraction of sp³-hybridized carbons (Fsp3) is 0.750. The number of carboxylic acids is 1. The maximum atomic E-state index is 11.1. The highest BCUT2D eigenvalue weighted by Gasteiger charge is 2.24. The summed E-state index contributed by atoms with van der Waals surface area (Å²) < 4.78 is 0. The number of aliphatic hydroxyl groups is 3. The molecule has 7 heteroatoms. The maximum Gasteiger partial charge on any atom is 0.320 e. The van der Waals surface area contributed by atoms with Gasteiger partial charge in [-0.15, -0.1) is 0 Å². The first-order chi connectivity index (χ1) is 6.90. The topological polar surface area (TPSA) is 127 Å². The minimum atomic E-state index is -1.71. The van der Waals surface area contributed by atoms with Crippen molar-refractivity contribution in [2.75, 3.05) is 13.2 Å². The molecule has 7 nitrogen and oxygen atoms in total. The molecule has 0 fully saturated rings. The Bertz CT molecular complexity index is 231. The summed E-state index contributed by atoms with van der Waals surface area (Å²) in [6, 6.07) is -0.924. The molecule has 0 aromatic heterocycles. The molecule has 0 heterocycles. The zero-order valence-electron chi connectivity index (χ0n) is 8.25. The van der Waals surface area contributed by atoms with E-state index in [2.05, 4.69) is 5.32 Å². The van der Waals surface area contributed by atoms with Crippen molar-refractivity contribution in [2.45, 2.75) is 25.2 Å². The number of rotatable bonds is 7. The van der Waals surface area contributed by atoms with Crippen molar-refractivity contribution in [1.29, 1.82) is 0 Å². The van der Waals surface area contributed by atoms with Crippen LogP contribution in [0.3, 0.4) is 0 Å². The van der Waals surface area contributed by atoms with E-state index in [1.807, 2.05) is 0 Å². The zero-order chi connectivity index (χ0) is 12.0. The van der Waals surface area contributed by atoms with E-state index < -0.39 is 36.6 Å². The molecule has 0 aliphatic heterocycles. The second kappa shape index (κ2) is 6.46. The highest BCUT2D eigenvalue weighted by molar-refractivity contribution is 5.86. The average Bonchev–Trinajstić information content (AvgIpc) is 2.22. The van der Waals surface area contributed by atoms with Gasteiger partial charge < -0.3 is 20.4 Å². The molecule has 0 amide bonds. The van der Waals surface area contributed by atoms with Gasteiger partial charge in [-0.25, -0.2) is 0 Å². The van der Waals surface area contributed by atoms with Crippen molar-refractivity contribution in [1.82, 2.24) is 5.32 Å². The van der Waals surface area contributed by atoms with Gasteiger partial charge in [0.1, 0.15) is 18.2 Å². The lowest BCUT2D eigenvalue weighted by molar-refractivity contribution is -0.139. The Balaban J connectivity index is 3.98. The van der Waals surface area contributed by atoms with Crippen molar-refractivity contribution >= 4 is 11.8 Å². The average molecular weight is 221 g/mol. The summed E-state index contributed by atoms with van der Waals surface area (Å²) >= 11 is 0. The number of hydrogen-bond donors (Lipinski definition) is 5. The monoisotopic (exact) mass is 221 g/mol. The summed E-state index contributed by atoms with van der Waals surface area (Å²) in [5, 5.41) is 37.2. The fourth-order valence-corrected chi connectivity index (χ4v) is 0.760. The van der Waals surface area contributed by atoms with Crippen molar-refractivity contribution < 1.29 is 30.0 Å². The van der Waals surface area contributed by atoms with Crippen molar-refractivity contribution in [2.24, 2.45) is 0 Å². The van der Waals surface area contributed by atoms with Crippen LogP contribution in [0, 0.1) is 0 Å². The van der Waals surface area contributed by atoms with Gasteiger partial charge in [-0.1, -0.05) is 0 Å². The van der Waals surface area contributed by atoms with Crippen LogP contribution in [0.2, 0.25) is 0 Å². The van der Waals surface area contributed by atoms with Crippen molar-refractivity contribution in [3.63, 3.8) is 0 Å². The quantitative estimate of drug-likeness (QED) is 0.317. The van der Waals surface area contributed by atoms with Gasteiger partial charge in [-0.3, -0.25) is 14.9 Å². The Hall–Kier alpha value is -1.02. The van der Waals surface area contributed by atoms with Crippen molar-refractivity contribution in [3.05, 3.63) is 0 Å². The van der Waals surface area contributed by atoms with Gasteiger partial charge in [0.15, 0.2) is 5.78 Å². The van der Waals surface area contributed by atoms with Crippen LogP contribution in [-0.4, -0.2) is 63.6 Å². The van der Waals surface area contributed by atoms with Crippen molar-refractivity contribution in [3.8, 4) is 0 Å². The standard InChI is InChI=1S/C8H15NO6/c1-4(8(14)15)9-2-5(11)7(13)6(12)3-10/h4,6-7,9-10,12-13H,2-3H2,1H3,(H,14,15)/t4-,6+,7+/m0/s1. The predicted molar refractivity (Wildman–Crippen MR) is 49.2 cm³/mol. The Morgan fingerprint density at radius 2 is 1.87 bits per heavy atom. The van der Waals surface area contributed by atoms with E-state index in [1.165, 1.54) is 6.92 Å². The molecular weight excluding hydrogens is 206 g/mol. The number of carbonyl (C=O) groups is 2. The van der Waals surface area contributed by atoms with Crippen LogP contribution < -0.4 is 5.32 Å². The second-order valence-electron chi connectivity index (χ2n) is 3.10. The summed E-state index contributed by atoms with van der Waals surface area (Å²) in [5.41, 5.74) is 0. The van der Waals surface area contributed by atoms with E-state index in [4.69, 9.17) is 20.4 Å². The molecule has 0 saturated heterocycles. The Kier molecular flexibility index (Phi) is 6.02. The Morgan fingerprint density at radius 3 is 2.27 bits per heavy atom. The second-order valence-corrected chi connectivity index (χ2v) is 3.10. The van der Waals surface area contributed by atoms with Crippen LogP contribution in [0.1, 0.15) is 6.92 Å². The summed E-state index contributed by atoms with van der Waals surface area (Å²) in [6.45, 7) is 0.220. The smallest absolute Gasteiger partial charge is 0.320 e. The minimum Gasteiger partial charge on any atom is -0.480 e. The summed E-state index contributed by atoms with van der Waals surface area (Å²) in [7, 11) is 0. The first kappa shape index (κ1) is 14.0. The fourth-order valence-electron chi connectivity index (χ4n) is 0.760. The molecule has 0 bridgehead atoms. The summed E-state index contributed by atoms with van der Waals surface area (Å²) in [5.74, 6) is -1.90. The van der Waals surface area contributed by atoms with Gasteiger partial charge in [0.25, 0.3) is 0 Å².